The summed E-state index contributed by atoms with van der Waals surface area (Å²) in [7, 11) is 0. The van der Waals surface area contributed by atoms with Gasteiger partial charge in [-0.25, -0.2) is 0 Å². The van der Waals surface area contributed by atoms with Crippen LogP contribution in [0, 0.1) is 17.3 Å². The summed E-state index contributed by atoms with van der Waals surface area (Å²) in [6, 6.07) is 0. The highest BCUT2D eigenvalue weighted by Gasteiger charge is 2.51. The van der Waals surface area contributed by atoms with Gasteiger partial charge in [0.25, 0.3) is 0 Å². The molecule has 1 saturated carbocycles. The van der Waals surface area contributed by atoms with Gasteiger partial charge in [0.2, 0.25) is 0 Å². The molecule has 2 rings (SSSR count). The van der Waals surface area contributed by atoms with Gasteiger partial charge in [0.1, 0.15) is 6.10 Å². The molecule has 96 valence electrons. The lowest BCUT2D eigenvalue weighted by Crippen LogP contribution is -2.17. The van der Waals surface area contributed by atoms with Crippen molar-refractivity contribution in [1.29, 1.82) is 0 Å². The maximum absolute atomic E-state index is 11.8. The minimum Gasteiger partial charge on any atom is -0.462 e. The van der Waals surface area contributed by atoms with Crippen LogP contribution in [0.1, 0.15) is 52.9 Å². The van der Waals surface area contributed by atoms with Gasteiger partial charge in [-0.05, 0) is 31.1 Å². The van der Waals surface area contributed by atoms with E-state index in [9.17, 15) is 4.79 Å². The van der Waals surface area contributed by atoms with E-state index in [4.69, 9.17) is 4.74 Å². The molecule has 2 unspecified atom stereocenters. The Labute approximate surface area is 104 Å². The predicted octanol–water partition coefficient (Wildman–Crippen LogP) is 3.71. The summed E-state index contributed by atoms with van der Waals surface area (Å²) in [5.74, 6) is 1.27. The van der Waals surface area contributed by atoms with E-state index in [1.165, 1.54) is 12.8 Å². The molecule has 2 aliphatic rings. The van der Waals surface area contributed by atoms with Crippen molar-refractivity contribution in [2.75, 3.05) is 0 Å². The second-order valence-corrected chi connectivity index (χ2v) is 6.65. The first-order chi connectivity index (χ1) is 7.97. The zero-order valence-electron chi connectivity index (χ0n) is 11.2. The maximum Gasteiger partial charge on any atom is 0.306 e. The first-order valence-electron chi connectivity index (χ1n) is 6.82. The molecule has 1 fully saturated rings. The molecular weight excluding hydrogens is 212 g/mol. The van der Waals surface area contributed by atoms with E-state index >= 15 is 0 Å². The number of esters is 1. The van der Waals surface area contributed by atoms with Crippen molar-refractivity contribution in [1.82, 2.24) is 0 Å². The maximum atomic E-state index is 11.8. The Kier molecular flexibility index (Phi) is 3.60. The quantitative estimate of drug-likeness (QED) is 0.539. The molecule has 0 aromatic heterocycles. The number of hydrogen-bond donors (Lipinski definition) is 0. The second kappa shape index (κ2) is 4.83. The lowest BCUT2D eigenvalue weighted by atomic mass is 9.92. The van der Waals surface area contributed by atoms with Crippen molar-refractivity contribution in [3.8, 4) is 0 Å². The number of allylic oxidation sites excluding steroid dienone is 2. The van der Waals surface area contributed by atoms with Gasteiger partial charge in [-0.2, -0.15) is 0 Å². The highest BCUT2D eigenvalue weighted by Crippen LogP contribution is 2.49. The van der Waals surface area contributed by atoms with Crippen molar-refractivity contribution in [3.63, 3.8) is 0 Å². The van der Waals surface area contributed by atoms with Gasteiger partial charge in [0, 0.05) is 11.8 Å². The number of rotatable bonds is 2. The van der Waals surface area contributed by atoms with Crippen molar-refractivity contribution in [2.45, 2.75) is 59.0 Å². The summed E-state index contributed by atoms with van der Waals surface area (Å²) in [6.07, 6.45) is 9.96. The molecule has 2 aliphatic carbocycles. The Morgan fingerprint density at radius 1 is 1.18 bits per heavy atom. The van der Waals surface area contributed by atoms with Gasteiger partial charge >= 0.3 is 5.97 Å². The fraction of sp³-hybridized carbons (Fsp3) is 0.800. The summed E-state index contributed by atoms with van der Waals surface area (Å²) in [4.78, 5) is 11.8. The van der Waals surface area contributed by atoms with Crippen LogP contribution in [0.4, 0.5) is 0 Å². The molecular formula is C15H24O2. The van der Waals surface area contributed by atoms with Crippen LogP contribution >= 0.6 is 0 Å². The molecule has 0 saturated heterocycles. The van der Waals surface area contributed by atoms with Crippen LogP contribution < -0.4 is 0 Å². The highest BCUT2D eigenvalue weighted by molar-refractivity contribution is 5.70. The summed E-state index contributed by atoms with van der Waals surface area (Å²) >= 11 is 0. The topological polar surface area (TPSA) is 26.3 Å². The summed E-state index contributed by atoms with van der Waals surface area (Å²) < 4.78 is 5.63. The third-order valence-corrected chi connectivity index (χ3v) is 3.70. The molecule has 0 aliphatic heterocycles. The van der Waals surface area contributed by atoms with Crippen molar-refractivity contribution < 1.29 is 9.53 Å². The molecule has 0 bridgehead atoms. The second-order valence-electron chi connectivity index (χ2n) is 6.65. The van der Waals surface area contributed by atoms with Gasteiger partial charge in [0.05, 0.1) is 6.42 Å². The van der Waals surface area contributed by atoms with E-state index in [0.717, 1.165) is 12.8 Å². The van der Waals surface area contributed by atoms with Gasteiger partial charge in [-0.3, -0.25) is 4.79 Å². The van der Waals surface area contributed by atoms with Crippen LogP contribution in [0.5, 0.6) is 0 Å². The lowest BCUT2D eigenvalue weighted by Gasteiger charge is -2.16. The van der Waals surface area contributed by atoms with Crippen LogP contribution in [-0.4, -0.2) is 12.1 Å². The summed E-state index contributed by atoms with van der Waals surface area (Å²) in [6.45, 7) is 6.23. The Morgan fingerprint density at radius 2 is 1.71 bits per heavy atom. The van der Waals surface area contributed by atoms with Crippen molar-refractivity contribution in [2.24, 2.45) is 17.3 Å². The number of fused-ring (bicyclic) bond motifs is 1. The molecule has 2 nitrogen and oxygen atoms in total. The SMILES string of the molecule is CC(C)(C)CC(=O)OC1C2CC/C=C/CCC21. The first-order valence-corrected chi connectivity index (χ1v) is 6.82. The molecule has 17 heavy (non-hydrogen) atoms. The van der Waals surface area contributed by atoms with E-state index in [0.29, 0.717) is 18.3 Å². The van der Waals surface area contributed by atoms with Crippen LogP contribution in [-0.2, 0) is 9.53 Å². The minimum atomic E-state index is -0.0118. The van der Waals surface area contributed by atoms with Crippen LogP contribution in [0.25, 0.3) is 0 Å². The molecule has 2 atom stereocenters. The van der Waals surface area contributed by atoms with Crippen molar-refractivity contribution in [3.05, 3.63) is 12.2 Å². The molecule has 0 aromatic rings. The molecule has 0 aromatic carbocycles. The van der Waals surface area contributed by atoms with E-state index in [-0.39, 0.29) is 17.5 Å². The fourth-order valence-corrected chi connectivity index (χ4v) is 2.78. The smallest absolute Gasteiger partial charge is 0.306 e. The highest BCUT2D eigenvalue weighted by atomic mass is 16.5. The average molecular weight is 236 g/mol. The molecule has 2 heteroatoms. The summed E-state index contributed by atoms with van der Waals surface area (Å²) in [5, 5.41) is 0. The fourth-order valence-electron chi connectivity index (χ4n) is 2.78. The summed E-state index contributed by atoms with van der Waals surface area (Å²) in [5.41, 5.74) is 0.0342. The van der Waals surface area contributed by atoms with E-state index in [1.807, 2.05) is 0 Å². The number of hydrogen-bond acceptors (Lipinski definition) is 2. The van der Waals surface area contributed by atoms with E-state index < -0.39 is 0 Å². The predicted molar refractivity (Wildman–Crippen MR) is 68.5 cm³/mol. The lowest BCUT2D eigenvalue weighted by molar-refractivity contribution is -0.148. The van der Waals surface area contributed by atoms with Crippen LogP contribution in [0.2, 0.25) is 0 Å². The third-order valence-electron chi connectivity index (χ3n) is 3.70. The monoisotopic (exact) mass is 236 g/mol. The molecule has 0 heterocycles. The van der Waals surface area contributed by atoms with Crippen molar-refractivity contribution >= 4 is 5.97 Å². The number of ether oxygens (including phenoxy) is 1. The number of carbonyl (C=O) groups is 1. The molecule has 0 N–H and O–H groups in total. The third kappa shape index (κ3) is 3.58. The van der Waals surface area contributed by atoms with Crippen LogP contribution in [0.3, 0.4) is 0 Å². The Morgan fingerprint density at radius 3 is 2.18 bits per heavy atom. The van der Waals surface area contributed by atoms with E-state index in [2.05, 4.69) is 32.9 Å². The largest absolute Gasteiger partial charge is 0.462 e. The molecule has 0 spiro atoms. The first kappa shape index (κ1) is 12.7. The van der Waals surface area contributed by atoms with Gasteiger partial charge in [-0.1, -0.05) is 32.9 Å². The standard InChI is InChI=1S/C15H24O2/c1-15(2,3)10-13(16)17-14-11-8-6-4-5-7-9-12(11)14/h4-5,11-12,14H,6-10H2,1-3H3/b5-4+. The zero-order valence-corrected chi connectivity index (χ0v) is 11.2. The molecule has 0 amide bonds. The van der Waals surface area contributed by atoms with Gasteiger partial charge in [-0.15, -0.1) is 0 Å². The average Bonchev–Trinajstić information content (AvgIpc) is 2.71. The van der Waals surface area contributed by atoms with Gasteiger partial charge in [0.15, 0.2) is 0 Å². The Balaban J connectivity index is 1.80. The molecule has 0 radical (unpaired) electrons. The normalized spacial score (nSPS) is 34.2. The van der Waals surface area contributed by atoms with Gasteiger partial charge < -0.3 is 4.74 Å². The number of carbonyl (C=O) groups excluding carboxylic acids is 1. The van der Waals surface area contributed by atoms with E-state index in [1.54, 1.807) is 0 Å². The zero-order chi connectivity index (χ0) is 12.5. The Hall–Kier alpha value is -0.790. The Bertz CT molecular complexity index is 295. The van der Waals surface area contributed by atoms with Crippen LogP contribution in [0.15, 0.2) is 12.2 Å². The minimum absolute atomic E-state index is 0.0118.